The van der Waals surface area contributed by atoms with Crippen LogP contribution in [0.25, 0.3) is 0 Å². The molecule has 0 aromatic heterocycles. The standard InChI is InChI=1S/C27H23ClN2O8/c1-15-3-7-18(8-4-15)26(35)37-21(24(32)30-29-23(31)17-11-13-20(28)14-12-17)22(25(33)34)38-27(36)19-9-5-16(2)6-10-19/h3-14,21-22H,1-2H3,(H,29,31)(H,30,32)(H,33,34)/t21-,22-/m0/s1. The minimum atomic E-state index is -2.24. The number of carboxylic acid groups (broad SMARTS) is 1. The quantitative estimate of drug-likeness (QED) is 0.292. The van der Waals surface area contributed by atoms with E-state index < -0.39 is 41.9 Å². The zero-order chi connectivity index (χ0) is 27.8. The topological polar surface area (TPSA) is 148 Å². The minimum Gasteiger partial charge on any atom is -0.478 e. The molecule has 0 saturated carbocycles. The number of hydrazine groups is 1. The van der Waals surface area contributed by atoms with Gasteiger partial charge < -0.3 is 14.6 Å². The van der Waals surface area contributed by atoms with Gasteiger partial charge in [-0.05, 0) is 62.4 Å². The average Bonchev–Trinajstić information content (AvgIpc) is 2.89. The molecule has 0 unspecified atom stereocenters. The first-order valence-corrected chi connectivity index (χ1v) is 11.6. The second-order valence-corrected chi connectivity index (χ2v) is 8.61. The first-order valence-electron chi connectivity index (χ1n) is 11.2. The molecule has 0 bridgehead atoms. The highest BCUT2D eigenvalue weighted by Gasteiger charge is 2.41. The number of benzene rings is 3. The Labute approximate surface area is 222 Å². The third-order valence-corrected chi connectivity index (χ3v) is 5.48. The van der Waals surface area contributed by atoms with E-state index in [0.717, 1.165) is 11.1 Å². The Kier molecular flexibility index (Phi) is 9.18. The highest BCUT2D eigenvalue weighted by molar-refractivity contribution is 6.30. The predicted octanol–water partition coefficient (Wildman–Crippen LogP) is 3.25. The van der Waals surface area contributed by atoms with E-state index in [-0.39, 0.29) is 16.7 Å². The molecule has 3 rings (SSSR count). The van der Waals surface area contributed by atoms with Gasteiger partial charge in [0.2, 0.25) is 12.2 Å². The van der Waals surface area contributed by atoms with Crippen molar-refractivity contribution in [2.45, 2.75) is 26.1 Å². The van der Waals surface area contributed by atoms with Crippen molar-refractivity contribution in [3.8, 4) is 0 Å². The maximum absolute atomic E-state index is 13.0. The van der Waals surface area contributed by atoms with Crippen LogP contribution in [-0.4, -0.2) is 47.0 Å². The monoisotopic (exact) mass is 538 g/mol. The van der Waals surface area contributed by atoms with Gasteiger partial charge in [-0.15, -0.1) is 0 Å². The molecule has 0 aliphatic rings. The lowest BCUT2D eigenvalue weighted by atomic mass is 10.1. The van der Waals surface area contributed by atoms with E-state index in [1.165, 1.54) is 48.5 Å². The molecule has 0 radical (unpaired) electrons. The summed E-state index contributed by atoms with van der Waals surface area (Å²) in [6.45, 7) is 3.58. The number of carbonyl (C=O) groups is 5. The smallest absolute Gasteiger partial charge is 0.349 e. The van der Waals surface area contributed by atoms with Crippen molar-refractivity contribution in [2.75, 3.05) is 0 Å². The van der Waals surface area contributed by atoms with Gasteiger partial charge in [0, 0.05) is 10.6 Å². The Balaban J connectivity index is 1.84. The molecule has 0 fully saturated rings. The summed E-state index contributed by atoms with van der Waals surface area (Å²) in [6, 6.07) is 17.8. The van der Waals surface area contributed by atoms with Crippen LogP contribution in [0.4, 0.5) is 0 Å². The number of nitrogens with one attached hydrogen (secondary N) is 2. The lowest BCUT2D eigenvalue weighted by molar-refractivity contribution is -0.159. The molecule has 11 heteroatoms. The molecule has 2 atom stereocenters. The maximum Gasteiger partial charge on any atom is 0.349 e. The number of aliphatic carboxylic acids is 1. The number of halogens is 1. The van der Waals surface area contributed by atoms with Crippen molar-refractivity contribution < 1.29 is 38.6 Å². The lowest BCUT2D eigenvalue weighted by Gasteiger charge is -2.23. The molecule has 0 spiro atoms. The van der Waals surface area contributed by atoms with Gasteiger partial charge in [-0.25, -0.2) is 14.4 Å². The van der Waals surface area contributed by atoms with Crippen LogP contribution < -0.4 is 10.9 Å². The van der Waals surface area contributed by atoms with Gasteiger partial charge in [-0.2, -0.15) is 0 Å². The van der Waals surface area contributed by atoms with Crippen LogP contribution in [0.15, 0.2) is 72.8 Å². The van der Waals surface area contributed by atoms with Gasteiger partial charge in [0.05, 0.1) is 11.1 Å². The van der Waals surface area contributed by atoms with Crippen LogP contribution in [0, 0.1) is 13.8 Å². The molecule has 196 valence electrons. The summed E-state index contributed by atoms with van der Waals surface area (Å²) in [5.74, 6) is -5.89. The molecule has 0 aliphatic carbocycles. The third kappa shape index (κ3) is 7.40. The van der Waals surface area contributed by atoms with E-state index in [4.69, 9.17) is 21.1 Å². The summed E-state index contributed by atoms with van der Waals surface area (Å²) in [5.41, 5.74) is 5.96. The Hall–Kier alpha value is -4.70. The molecule has 0 aliphatic heterocycles. The summed E-state index contributed by atoms with van der Waals surface area (Å²) >= 11 is 5.80. The van der Waals surface area contributed by atoms with Crippen molar-refractivity contribution in [2.24, 2.45) is 0 Å². The second kappa shape index (κ2) is 12.5. The molecule has 38 heavy (non-hydrogen) atoms. The van der Waals surface area contributed by atoms with E-state index in [0.29, 0.717) is 5.02 Å². The van der Waals surface area contributed by atoms with E-state index in [1.54, 1.807) is 38.1 Å². The Morgan fingerprint density at radius 2 is 1.08 bits per heavy atom. The van der Waals surface area contributed by atoms with Gasteiger partial charge in [-0.3, -0.25) is 20.4 Å². The van der Waals surface area contributed by atoms with Crippen LogP contribution in [0.3, 0.4) is 0 Å². The fourth-order valence-corrected chi connectivity index (χ4v) is 3.23. The normalized spacial score (nSPS) is 12.0. The number of hydrogen-bond donors (Lipinski definition) is 3. The zero-order valence-corrected chi connectivity index (χ0v) is 21.0. The number of amides is 2. The third-order valence-electron chi connectivity index (χ3n) is 5.22. The van der Waals surface area contributed by atoms with Crippen molar-refractivity contribution in [1.82, 2.24) is 10.9 Å². The Bertz CT molecular complexity index is 1340. The van der Waals surface area contributed by atoms with E-state index in [1.807, 2.05) is 5.43 Å². The van der Waals surface area contributed by atoms with Gasteiger partial charge in [0.25, 0.3) is 11.8 Å². The fourth-order valence-electron chi connectivity index (χ4n) is 3.10. The summed E-state index contributed by atoms with van der Waals surface area (Å²) in [4.78, 5) is 62.8. The predicted molar refractivity (Wildman–Crippen MR) is 135 cm³/mol. The van der Waals surface area contributed by atoms with Crippen molar-refractivity contribution in [3.63, 3.8) is 0 Å². The SMILES string of the molecule is Cc1ccc(C(=O)O[C@H](C(=O)O)[C@H](OC(=O)c2ccc(C)cc2)C(=O)NNC(=O)c2ccc(Cl)cc2)cc1. The minimum absolute atomic E-state index is 0.0157. The molecule has 3 N–H and O–H groups in total. The van der Waals surface area contributed by atoms with Crippen molar-refractivity contribution >= 4 is 41.3 Å². The van der Waals surface area contributed by atoms with Crippen molar-refractivity contribution in [1.29, 1.82) is 0 Å². The Morgan fingerprint density at radius 1 is 0.658 bits per heavy atom. The number of carbonyl (C=O) groups excluding carboxylic acids is 4. The van der Waals surface area contributed by atoms with E-state index >= 15 is 0 Å². The fraction of sp³-hybridized carbons (Fsp3) is 0.148. The van der Waals surface area contributed by atoms with Gasteiger partial charge >= 0.3 is 17.9 Å². The molecular weight excluding hydrogens is 516 g/mol. The van der Waals surface area contributed by atoms with Gasteiger partial charge in [0.15, 0.2) is 0 Å². The first kappa shape index (κ1) is 27.9. The van der Waals surface area contributed by atoms with Crippen LogP contribution in [0.5, 0.6) is 0 Å². The van der Waals surface area contributed by atoms with E-state index in [9.17, 15) is 29.1 Å². The molecule has 0 saturated heterocycles. The van der Waals surface area contributed by atoms with E-state index in [2.05, 4.69) is 5.43 Å². The van der Waals surface area contributed by atoms with Crippen LogP contribution >= 0.6 is 11.6 Å². The van der Waals surface area contributed by atoms with Crippen LogP contribution in [0.1, 0.15) is 42.2 Å². The average molecular weight is 539 g/mol. The maximum atomic E-state index is 13.0. The number of hydrogen-bond acceptors (Lipinski definition) is 7. The van der Waals surface area contributed by atoms with Crippen molar-refractivity contribution in [3.05, 3.63) is 106 Å². The highest BCUT2D eigenvalue weighted by atomic mass is 35.5. The summed E-state index contributed by atoms with van der Waals surface area (Å²) in [5, 5.41) is 10.2. The molecule has 3 aromatic carbocycles. The van der Waals surface area contributed by atoms with Crippen LogP contribution in [-0.2, 0) is 19.1 Å². The molecular formula is C27H23ClN2O8. The number of aryl methyl sites for hydroxylation is 2. The highest BCUT2D eigenvalue weighted by Crippen LogP contribution is 2.15. The van der Waals surface area contributed by atoms with Crippen LogP contribution in [0.2, 0.25) is 5.02 Å². The summed E-state index contributed by atoms with van der Waals surface area (Å²) in [6.07, 6.45) is -4.41. The van der Waals surface area contributed by atoms with Gasteiger partial charge in [-0.1, -0.05) is 47.0 Å². The molecule has 0 heterocycles. The zero-order valence-electron chi connectivity index (χ0n) is 20.3. The first-order chi connectivity index (χ1) is 18.0. The lowest BCUT2D eigenvalue weighted by Crippen LogP contribution is -2.54. The number of esters is 2. The molecule has 2 amide bonds. The number of ether oxygens (including phenoxy) is 2. The molecule has 10 nitrogen and oxygen atoms in total. The number of rotatable bonds is 8. The van der Waals surface area contributed by atoms with Gasteiger partial charge in [0.1, 0.15) is 0 Å². The molecule has 3 aromatic rings. The largest absolute Gasteiger partial charge is 0.478 e. The Morgan fingerprint density at radius 3 is 1.53 bits per heavy atom. The number of carboxylic acids is 1. The second-order valence-electron chi connectivity index (χ2n) is 8.17. The summed E-state index contributed by atoms with van der Waals surface area (Å²) in [7, 11) is 0. The summed E-state index contributed by atoms with van der Waals surface area (Å²) < 4.78 is 10.3.